The Morgan fingerprint density at radius 2 is 2.31 bits per heavy atom. The van der Waals surface area contributed by atoms with Crippen molar-refractivity contribution in [1.82, 2.24) is 4.90 Å². The summed E-state index contributed by atoms with van der Waals surface area (Å²) in [5, 5.41) is 0.812. The summed E-state index contributed by atoms with van der Waals surface area (Å²) >= 11 is 5.96. The van der Waals surface area contributed by atoms with Gasteiger partial charge in [-0.25, -0.2) is 0 Å². The van der Waals surface area contributed by atoms with Gasteiger partial charge in [-0.05, 0) is 50.6 Å². The topological polar surface area (TPSA) is 29.3 Å². The van der Waals surface area contributed by atoms with Gasteiger partial charge in [0.1, 0.15) is 0 Å². The van der Waals surface area contributed by atoms with E-state index in [1.54, 1.807) is 0 Å². The van der Waals surface area contributed by atoms with Crippen LogP contribution in [0.4, 0.5) is 0 Å². The number of benzene rings is 1. The van der Waals surface area contributed by atoms with Crippen LogP contribution >= 0.6 is 11.6 Å². The molecule has 1 atom stereocenters. The second-order valence-electron chi connectivity index (χ2n) is 4.98. The van der Waals surface area contributed by atoms with E-state index in [9.17, 15) is 0 Å². The molecule has 0 spiro atoms. The Kier molecular flexibility index (Phi) is 3.53. The molecule has 88 valence electrons. The molecule has 0 saturated carbocycles. The lowest BCUT2D eigenvalue weighted by Crippen LogP contribution is -2.42. The molecule has 1 aliphatic heterocycles. The molecule has 0 radical (unpaired) electrons. The highest BCUT2D eigenvalue weighted by Gasteiger charge is 2.31. The first kappa shape index (κ1) is 11.9. The van der Waals surface area contributed by atoms with E-state index in [-0.39, 0.29) is 5.54 Å². The number of hydrogen-bond acceptors (Lipinski definition) is 2. The monoisotopic (exact) mass is 238 g/mol. The van der Waals surface area contributed by atoms with Crippen LogP contribution in [0, 0.1) is 0 Å². The standard InChI is InChI=1S/C13H19ClN2/c1-16-8-7-13(15,10-16)6-5-11-3-2-4-12(14)9-11/h2-4,9H,5-8,10,15H2,1H3. The number of aryl methyl sites for hydroxylation is 1. The number of nitrogens with two attached hydrogens (primary N) is 1. The molecule has 3 heteroatoms. The lowest BCUT2D eigenvalue weighted by Gasteiger charge is -2.23. The Hall–Kier alpha value is -0.570. The van der Waals surface area contributed by atoms with Crippen LogP contribution in [0.1, 0.15) is 18.4 Å². The van der Waals surface area contributed by atoms with E-state index in [1.807, 2.05) is 18.2 Å². The highest BCUT2D eigenvalue weighted by atomic mass is 35.5. The highest BCUT2D eigenvalue weighted by Crippen LogP contribution is 2.23. The molecule has 1 aromatic rings. The van der Waals surface area contributed by atoms with Gasteiger partial charge < -0.3 is 10.6 Å². The lowest BCUT2D eigenvalue weighted by atomic mass is 9.91. The maximum atomic E-state index is 6.36. The molecule has 0 aromatic heterocycles. The molecule has 1 fully saturated rings. The zero-order valence-corrected chi connectivity index (χ0v) is 10.5. The van der Waals surface area contributed by atoms with Crippen LogP contribution in [0.25, 0.3) is 0 Å². The molecule has 1 heterocycles. The van der Waals surface area contributed by atoms with Gasteiger partial charge in [0, 0.05) is 17.1 Å². The van der Waals surface area contributed by atoms with Gasteiger partial charge in [-0.2, -0.15) is 0 Å². The summed E-state index contributed by atoms with van der Waals surface area (Å²) < 4.78 is 0. The fourth-order valence-corrected chi connectivity index (χ4v) is 2.61. The van der Waals surface area contributed by atoms with Crippen LogP contribution in [0.5, 0.6) is 0 Å². The molecule has 1 saturated heterocycles. The molecular formula is C13H19ClN2. The van der Waals surface area contributed by atoms with Gasteiger partial charge in [0.25, 0.3) is 0 Å². The minimum Gasteiger partial charge on any atom is -0.324 e. The Morgan fingerprint density at radius 1 is 1.50 bits per heavy atom. The Morgan fingerprint density at radius 3 is 2.94 bits per heavy atom. The van der Waals surface area contributed by atoms with Gasteiger partial charge in [-0.15, -0.1) is 0 Å². The highest BCUT2D eigenvalue weighted by molar-refractivity contribution is 6.30. The van der Waals surface area contributed by atoms with Crippen molar-refractivity contribution in [3.8, 4) is 0 Å². The Labute approximate surface area is 102 Å². The molecular weight excluding hydrogens is 220 g/mol. The summed E-state index contributed by atoms with van der Waals surface area (Å²) in [4.78, 5) is 2.30. The van der Waals surface area contributed by atoms with Crippen LogP contribution in [0.2, 0.25) is 5.02 Å². The summed E-state index contributed by atoms with van der Waals surface area (Å²) in [6.07, 6.45) is 3.16. The van der Waals surface area contributed by atoms with Crippen molar-refractivity contribution in [1.29, 1.82) is 0 Å². The van der Waals surface area contributed by atoms with Gasteiger partial charge >= 0.3 is 0 Å². The van der Waals surface area contributed by atoms with E-state index in [0.29, 0.717) is 0 Å². The van der Waals surface area contributed by atoms with Crippen LogP contribution in [-0.2, 0) is 6.42 Å². The van der Waals surface area contributed by atoms with Crippen molar-refractivity contribution in [3.63, 3.8) is 0 Å². The third kappa shape index (κ3) is 2.97. The molecule has 1 aliphatic rings. The molecule has 0 bridgehead atoms. The summed E-state index contributed by atoms with van der Waals surface area (Å²) in [7, 11) is 2.13. The predicted molar refractivity (Wildman–Crippen MR) is 68.8 cm³/mol. The van der Waals surface area contributed by atoms with Crippen molar-refractivity contribution in [2.45, 2.75) is 24.8 Å². The first-order valence-corrected chi connectivity index (χ1v) is 6.17. The second-order valence-corrected chi connectivity index (χ2v) is 5.42. The first-order chi connectivity index (χ1) is 7.57. The quantitative estimate of drug-likeness (QED) is 0.876. The minimum atomic E-state index is -0.00291. The van der Waals surface area contributed by atoms with E-state index in [0.717, 1.165) is 37.4 Å². The first-order valence-electron chi connectivity index (χ1n) is 5.79. The molecule has 2 nitrogen and oxygen atoms in total. The van der Waals surface area contributed by atoms with Crippen LogP contribution in [0.15, 0.2) is 24.3 Å². The average Bonchev–Trinajstić information content (AvgIpc) is 2.57. The van der Waals surface area contributed by atoms with Crippen molar-refractivity contribution < 1.29 is 0 Å². The van der Waals surface area contributed by atoms with E-state index >= 15 is 0 Å². The van der Waals surface area contributed by atoms with Gasteiger partial charge in [0.15, 0.2) is 0 Å². The summed E-state index contributed by atoms with van der Waals surface area (Å²) in [6.45, 7) is 2.12. The molecule has 16 heavy (non-hydrogen) atoms. The predicted octanol–water partition coefficient (Wildman–Crippen LogP) is 2.31. The fourth-order valence-electron chi connectivity index (χ4n) is 2.40. The molecule has 1 unspecified atom stereocenters. The molecule has 0 aliphatic carbocycles. The summed E-state index contributed by atoms with van der Waals surface area (Å²) in [5.41, 5.74) is 7.64. The average molecular weight is 239 g/mol. The van der Waals surface area contributed by atoms with Crippen LogP contribution < -0.4 is 5.73 Å². The van der Waals surface area contributed by atoms with Gasteiger partial charge in [0.2, 0.25) is 0 Å². The third-order valence-electron chi connectivity index (χ3n) is 3.38. The Balaban J connectivity index is 1.92. The number of nitrogens with zero attached hydrogens (tertiary/aromatic N) is 1. The SMILES string of the molecule is CN1CCC(N)(CCc2cccc(Cl)c2)C1. The van der Waals surface area contributed by atoms with Crippen LogP contribution in [-0.4, -0.2) is 30.6 Å². The van der Waals surface area contributed by atoms with Crippen molar-refractivity contribution in [2.24, 2.45) is 5.73 Å². The Bertz CT molecular complexity index is 367. The lowest BCUT2D eigenvalue weighted by molar-refractivity contribution is 0.354. The van der Waals surface area contributed by atoms with Crippen molar-refractivity contribution >= 4 is 11.6 Å². The van der Waals surface area contributed by atoms with Gasteiger partial charge in [0.05, 0.1) is 0 Å². The normalized spacial score (nSPS) is 26.2. The van der Waals surface area contributed by atoms with Crippen molar-refractivity contribution in [3.05, 3.63) is 34.9 Å². The largest absolute Gasteiger partial charge is 0.324 e. The number of likely N-dealkylation sites (N-methyl/N-ethyl adjacent to an activating group) is 1. The molecule has 2 N–H and O–H groups in total. The maximum absolute atomic E-state index is 6.36. The minimum absolute atomic E-state index is 0.00291. The van der Waals surface area contributed by atoms with E-state index < -0.39 is 0 Å². The smallest absolute Gasteiger partial charge is 0.0408 e. The number of likely N-dealkylation sites (tertiary alicyclic amines) is 1. The zero-order valence-electron chi connectivity index (χ0n) is 9.75. The van der Waals surface area contributed by atoms with E-state index in [1.165, 1.54) is 5.56 Å². The third-order valence-corrected chi connectivity index (χ3v) is 3.61. The summed E-state index contributed by atoms with van der Waals surface area (Å²) in [5.74, 6) is 0. The van der Waals surface area contributed by atoms with Crippen molar-refractivity contribution in [2.75, 3.05) is 20.1 Å². The summed E-state index contributed by atoms with van der Waals surface area (Å²) in [6, 6.07) is 8.06. The van der Waals surface area contributed by atoms with Gasteiger partial charge in [-0.3, -0.25) is 0 Å². The van der Waals surface area contributed by atoms with E-state index in [4.69, 9.17) is 17.3 Å². The second kappa shape index (κ2) is 4.74. The molecule has 2 rings (SSSR count). The van der Waals surface area contributed by atoms with Crippen LogP contribution in [0.3, 0.4) is 0 Å². The van der Waals surface area contributed by atoms with Gasteiger partial charge in [-0.1, -0.05) is 23.7 Å². The maximum Gasteiger partial charge on any atom is 0.0408 e. The van der Waals surface area contributed by atoms with E-state index in [2.05, 4.69) is 18.0 Å². The fraction of sp³-hybridized carbons (Fsp3) is 0.538. The number of rotatable bonds is 3. The number of halogens is 1. The molecule has 0 amide bonds. The zero-order chi connectivity index (χ0) is 11.6. The molecule has 1 aromatic carbocycles. The number of hydrogen-bond donors (Lipinski definition) is 1.